The van der Waals surface area contributed by atoms with E-state index in [1.165, 1.54) is 22.3 Å². The average Bonchev–Trinajstić information content (AvgIpc) is 2.77. The molecule has 0 saturated heterocycles. The predicted octanol–water partition coefficient (Wildman–Crippen LogP) is 4.71. The van der Waals surface area contributed by atoms with Crippen LogP contribution in [0.4, 0.5) is 0 Å². The lowest BCUT2D eigenvalue weighted by Crippen LogP contribution is -1.77. The monoisotopic (exact) mass is 240 g/mol. The normalized spacial score (nSPS) is 11.6. The SMILES string of the molecule is CC=CS.c1ccc2c(c1)Cc1ccccc1-2. The van der Waals surface area contributed by atoms with Gasteiger partial charge in [-0.2, -0.15) is 12.6 Å². The van der Waals surface area contributed by atoms with E-state index in [1.807, 2.05) is 13.0 Å². The Labute approximate surface area is 108 Å². The van der Waals surface area contributed by atoms with Crippen molar-refractivity contribution in [1.29, 1.82) is 0 Å². The molecule has 1 heteroatoms. The molecule has 0 nitrogen and oxygen atoms in total. The van der Waals surface area contributed by atoms with Crippen molar-refractivity contribution in [1.82, 2.24) is 0 Å². The van der Waals surface area contributed by atoms with Crippen LogP contribution in [0.3, 0.4) is 0 Å². The Morgan fingerprint density at radius 3 is 1.71 bits per heavy atom. The van der Waals surface area contributed by atoms with E-state index >= 15 is 0 Å². The zero-order valence-corrected chi connectivity index (χ0v) is 10.8. The highest BCUT2D eigenvalue weighted by atomic mass is 32.1. The van der Waals surface area contributed by atoms with Gasteiger partial charge in [0.15, 0.2) is 0 Å². The minimum absolute atomic E-state index is 1.10. The highest BCUT2D eigenvalue weighted by molar-refractivity contribution is 7.83. The zero-order valence-electron chi connectivity index (χ0n) is 9.93. The number of fused-ring (bicyclic) bond motifs is 3. The second kappa shape index (κ2) is 5.74. The number of allylic oxidation sites excluding steroid dienone is 1. The van der Waals surface area contributed by atoms with Crippen molar-refractivity contribution >= 4 is 12.6 Å². The summed E-state index contributed by atoms with van der Waals surface area (Å²) in [5, 5.41) is 1.69. The fourth-order valence-electron chi connectivity index (χ4n) is 2.08. The lowest BCUT2D eigenvalue weighted by Gasteiger charge is -1.98. The van der Waals surface area contributed by atoms with Crippen molar-refractivity contribution in [2.75, 3.05) is 0 Å². The van der Waals surface area contributed by atoms with Gasteiger partial charge in [0.25, 0.3) is 0 Å². The fourth-order valence-corrected chi connectivity index (χ4v) is 2.08. The molecule has 0 unspecified atom stereocenters. The molecule has 0 heterocycles. The van der Waals surface area contributed by atoms with Gasteiger partial charge in [-0.05, 0) is 41.0 Å². The van der Waals surface area contributed by atoms with E-state index in [0.717, 1.165) is 6.42 Å². The van der Waals surface area contributed by atoms with Crippen molar-refractivity contribution in [2.24, 2.45) is 0 Å². The average molecular weight is 240 g/mol. The minimum atomic E-state index is 1.10. The van der Waals surface area contributed by atoms with E-state index in [2.05, 4.69) is 61.2 Å². The van der Waals surface area contributed by atoms with E-state index in [9.17, 15) is 0 Å². The lowest BCUT2D eigenvalue weighted by molar-refractivity contribution is 1.26. The van der Waals surface area contributed by atoms with Crippen molar-refractivity contribution in [2.45, 2.75) is 13.3 Å². The first-order valence-corrected chi connectivity index (χ1v) is 6.30. The summed E-state index contributed by atoms with van der Waals surface area (Å²) in [6.45, 7) is 1.92. The Bertz CT molecular complexity index is 479. The maximum absolute atomic E-state index is 3.74. The number of thiol groups is 1. The summed E-state index contributed by atoms with van der Waals surface area (Å²) >= 11 is 3.74. The molecule has 2 aromatic carbocycles. The highest BCUT2D eigenvalue weighted by Crippen LogP contribution is 2.35. The van der Waals surface area contributed by atoms with Crippen LogP contribution >= 0.6 is 12.6 Å². The molecule has 0 bridgehead atoms. The molecule has 2 aromatic rings. The van der Waals surface area contributed by atoms with Crippen LogP contribution in [0.1, 0.15) is 18.1 Å². The van der Waals surface area contributed by atoms with Crippen LogP contribution < -0.4 is 0 Å². The Kier molecular flexibility index (Phi) is 4.05. The molecular formula is C16H16S. The molecule has 0 fully saturated rings. The summed E-state index contributed by atoms with van der Waals surface area (Å²) in [5.41, 5.74) is 5.75. The van der Waals surface area contributed by atoms with Crippen molar-refractivity contribution < 1.29 is 0 Å². The summed E-state index contributed by atoms with van der Waals surface area (Å²) in [5.74, 6) is 0. The topological polar surface area (TPSA) is 0 Å². The summed E-state index contributed by atoms with van der Waals surface area (Å²) in [6, 6.07) is 17.3. The second-order valence-electron chi connectivity index (χ2n) is 3.97. The summed E-state index contributed by atoms with van der Waals surface area (Å²) in [6.07, 6.45) is 2.97. The molecule has 0 amide bonds. The van der Waals surface area contributed by atoms with Crippen LogP contribution in [0.2, 0.25) is 0 Å². The van der Waals surface area contributed by atoms with E-state index in [1.54, 1.807) is 5.41 Å². The first kappa shape index (κ1) is 12.0. The maximum atomic E-state index is 3.74. The van der Waals surface area contributed by atoms with Crippen molar-refractivity contribution in [3.05, 3.63) is 71.1 Å². The maximum Gasteiger partial charge on any atom is -0.00135 e. The molecule has 86 valence electrons. The fraction of sp³-hybridized carbons (Fsp3) is 0.125. The van der Waals surface area contributed by atoms with Crippen LogP contribution in [0, 0.1) is 0 Å². The van der Waals surface area contributed by atoms with Gasteiger partial charge in [-0.15, -0.1) is 0 Å². The lowest BCUT2D eigenvalue weighted by atomic mass is 10.1. The minimum Gasteiger partial charge on any atom is -0.152 e. The molecule has 0 radical (unpaired) electrons. The predicted molar refractivity (Wildman–Crippen MR) is 78.5 cm³/mol. The van der Waals surface area contributed by atoms with Crippen LogP contribution in [-0.4, -0.2) is 0 Å². The molecular weight excluding hydrogens is 224 g/mol. The van der Waals surface area contributed by atoms with E-state index in [4.69, 9.17) is 0 Å². The molecule has 0 aliphatic heterocycles. The third kappa shape index (κ3) is 2.62. The van der Waals surface area contributed by atoms with Gasteiger partial charge in [0, 0.05) is 0 Å². The summed E-state index contributed by atoms with van der Waals surface area (Å²) in [7, 11) is 0. The molecule has 17 heavy (non-hydrogen) atoms. The van der Waals surface area contributed by atoms with E-state index < -0.39 is 0 Å². The Hall–Kier alpha value is -1.47. The van der Waals surface area contributed by atoms with Gasteiger partial charge in [0.2, 0.25) is 0 Å². The number of rotatable bonds is 0. The van der Waals surface area contributed by atoms with E-state index in [-0.39, 0.29) is 0 Å². The highest BCUT2D eigenvalue weighted by Gasteiger charge is 2.15. The Morgan fingerprint density at radius 1 is 0.882 bits per heavy atom. The molecule has 1 aliphatic rings. The Morgan fingerprint density at radius 2 is 1.29 bits per heavy atom. The molecule has 3 rings (SSSR count). The third-order valence-corrected chi connectivity index (χ3v) is 3.15. The number of hydrogen-bond donors (Lipinski definition) is 1. The van der Waals surface area contributed by atoms with Crippen LogP contribution in [0.15, 0.2) is 60.0 Å². The van der Waals surface area contributed by atoms with Gasteiger partial charge in [-0.25, -0.2) is 0 Å². The van der Waals surface area contributed by atoms with E-state index in [0.29, 0.717) is 0 Å². The summed E-state index contributed by atoms with van der Waals surface area (Å²) < 4.78 is 0. The number of hydrogen-bond acceptors (Lipinski definition) is 1. The van der Waals surface area contributed by atoms with Crippen LogP contribution in [0.25, 0.3) is 11.1 Å². The van der Waals surface area contributed by atoms with Crippen LogP contribution in [-0.2, 0) is 6.42 Å². The van der Waals surface area contributed by atoms with Gasteiger partial charge in [0.05, 0.1) is 0 Å². The molecule has 0 atom stereocenters. The van der Waals surface area contributed by atoms with Gasteiger partial charge in [-0.1, -0.05) is 54.6 Å². The smallest absolute Gasteiger partial charge is 0.00135 e. The molecule has 0 aromatic heterocycles. The van der Waals surface area contributed by atoms with Gasteiger partial charge in [0.1, 0.15) is 0 Å². The van der Waals surface area contributed by atoms with Crippen molar-refractivity contribution in [3.63, 3.8) is 0 Å². The number of benzene rings is 2. The standard InChI is InChI=1S/C13H10.C3H6S/c1-3-7-12-10(5-1)9-11-6-2-4-8-13(11)12;1-2-3-4/h1-8H,9H2;2-4H,1H3. The first-order valence-electron chi connectivity index (χ1n) is 5.78. The first-order chi connectivity index (χ1) is 8.36. The molecule has 0 spiro atoms. The van der Waals surface area contributed by atoms with Gasteiger partial charge >= 0.3 is 0 Å². The van der Waals surface area contributed by atoms with Gasteiger partial charge < -0.3 is 0 Å². The zero-order chi connectivity index (χ0) is 12.1. The van der Waals surface area contributed by atoms with Crippen molar-refractivity contribution in [3.8, 4) is 11.1 Å². The molecule has 0 saturated carbocycles. The quantitative estimate of drug-likeness (QED) is 0.541. The van der Waals surface area contributed by atoms with Crippen LogP contribution in [0.5, 0.6) is 0 Å². The second-order valence-corrected chi connectivity index (χ2v) is 4.27. The largest absolute Gasteiger partial charge is 0.152 e. The summed E-state index contributed by atoms with van der Waals surface area (Å²) in [4.78, 5) is 0. The van der Waals surface area contributed by atoms with Gasteiger partial charge in [-0.3, -0.25) is 0 Å². The molecule has 1 aliphatic carbocycles. The molecule has 0 N–H and O–H groups in total. The third-order valence-electron chi connectivity index (χ3n) is 2.85. The Balaban J connectivity index is 0.000000239.